The summed E-state index contributed by atoms with van der Waals surface area (Å²) >= 11 is 11.4. The highest BCUT2D eigenvalue weighted by Gasteiger charge is 2.19. The lowest BCUT2D eigenvalue weighted by molar-refractivity contribution is -0.142. The molecule has 92 valence electrons. The van der Waals surface area contributed by atoms with Crippen LogP contribution in [0.2, 0.25) is 10.2 Å². The third-order valence-electron chi connectivity index (χ3n) is 1.93. The van der Waals surface area contributed by atoms with E-state index < -0.39 is 17.9 Å². The number of hydrogen-bond donors (Lipinski definition) is 1. The Morgan fingerprint density at radius 2 is 2.06 bits per heavy atom. The number of carbonyl (C=O) groups is 2. The predicted octanol–water partition coefficient (Wildman–Crippen LogP) is 1.68. The van der Waals surface area contributed by atoms with E-state index in [1.165, 1.54) is 26.2 Å². The number of halogens is 2. The lowest BCUT2D eigenvalue weighted by Crippen LogP contribution is -2.39. The van der Waals surface area contributed by atoms with Crippen LogP contribution in [0.25, 0.3) is 0 Å². The number of hydrogen-bond acceptors (Lipinski definition) is 4. The Morgan fingerprint density at radius 1 is 1.41 bits per heavy atom. The van der Waals surface area contributed by atoms with Gasteiger partial charge in [0, 0.05) is 0 Å². The lowest BCUT2D eigenvalue weighted by atomic mass is 10.3. The highest BCUT2D eigenvalue weighted by molar-refractivity contribution is 6.34. The fourth-order valence-electron chi connectivity index (χ4n) is 1.08. The average Bonchev–Trinajstić information content (AvgIpc) is 2.30. The molecule has 0 radical (unpaired) electrons. The molecule has 1 heterocycles. The van der Waals surface area contributed by atoms with Gasteiger partial charge in [0.2, 0.25) is 0 Å². The van der Waals surface area contributed by atoms with Gasteiger partial charge < -0.3 is 10.1 Å². The van der Waals surface area contributed by atoms with Crippen LogP contribution in [0, 0.1) is 0 Å². The Morgan fingerprint density at radius 3 is 2.65 bits per heavy atom. The Labute approximate surface area is 108 Å². The number of methoxy groups -OCH3 is 1. The summed E-state index contributed by atoms with van der Waals surface area (Å²) in [5, 5.41) is 2.70. The number of rotatable bonds is 3. The number of esters is 1. The van der Waals surface area contributed by atoms with Crippen molar-refractivity contribution in [1.82, 2.24) is 10.3 Å². The van der Waals surface area contributed by atoms with Crippen LogP contribution in [0.3, 0.4) is 0 Å². The molecule has 0 aliphatic carbocycles. The molecule has 0 aliphatic heterocycles. The number of nitrogens with zero attached hydrogens (tertiary/aromatic N) is 1. The molecule has 0 aliphatic rings. The van der Waals surface area contributed by atoms with Crippen LogP contribution in [0.5, 0.6) is 0 Å². The number of nitrogens with one attached hydrogen (secondary N) is 1. The molecule has 5 nitrogen and oxygen atoms in total. The van der Waals surface area contributed by atoms with Gasteiger partial charge in [0.25, 0.3) is 5.91 Å². The molecule has 1 N–H and O–H groups in total. The van der Waals surface area contributed by atoms with Gasteiger partial charge in [0.05, 0.1) is 12.1 Å². The minimum Gasteiger partial charge on any atom is -0.467 e. The Kier molecular flexibility index (Phi) is 4.72. The van der Waals surface area contributed by atoms with E-state index in [2.05, 4.69) is 15.0 Å². The van der Waals surface area contributed by atoms with Crippen LogP contribution in [0.4, 0.5) is 0 Å². The van der Waals surface area contributed by atoms with Gasteiger partial charge in [0.1, 0.15) is 16.9 Å². The number of carbonyl (C=O) groups excluding carboxylic acids is 2. The van der Waals surface area contributed by atoms with Gasteiger partial charge in [-0.05, 0) is 19.1 Å². The summed E-state index contributed by atoms with van der Waals surface area (Å²) in [4.78, 5) is 26.6. The van der Waals surface area contributed by atoms with Gasteiger partial charge in [-0.25, -0.2) is 9.78 Å². The molecule has 7 heteroatoms. The molecular weight excluding hydrogens is 267 g/mol. The maximum atomic E-state index is 11.7. The van der Waals surface area contributed by atoms with Crippen molar-refractivity contribution in [1.29, 1.82) is 0 Å². The molecule has 1 atom stereocenters. The van der Waals surface area contributed by atoms with Gasteiger partial charge >= 0.3 is 5.97 Å². The molecule has 1 rings (SSSR count). The van der Waals surface area contributed by atoms with Crippen molar-refractivity contribution in [2.45, 2.75) is 13.0 Å². The van der Waals surface area contributed by atoms with Crippen LogP contribution in [-0.2, 0) is 9.53 Å². The van der Waals surface area contributed by atoms with Crippen LogP contribution in [0.15, 0.2) is 12.1 Å². The summed E-state index contributed by atoms with van der Waals surface area (Å²) in [7, 11) is 1.23. The second-order valence-corrected chi connectivity index (χ2v) is 3.98. The first-order valence-corrected chi connectivity index (χ1v) is 5.42. The maximum absolute atomic E-state index is 11.7. The van der Waals surface area contributed by atoms with Crippen LogP contribution < -0.4 is 5.32 Å². The van der Waals surface area contributed by atoms with Crippen LogP contribution in [0.1, 0.15) is 17.4 Å². The average molecular weight is 277 g/mol. The monoisotopic (exact) mass is 276 g/mol. The number of ether oxygens (including phenoxy) is 1. The van der Waals surface area contributed by atoms with Gasteiger partial charge in [-0.1, -0.05) is 23.2 Å². The van der Waals surface area contributed by atoms with Crippen molar-refractivity contribution in [3.63, 3.8) is 0 Å². The Bertz CT molecular complexity index is 451. The molecule has 0 saturated carbocycles. The summed E-state index contributed by atoms with van der Waals surface area (Å²) in [6.45, 7) is 1.49. The van der Waals surface area contributed by atoms with Crippen molar-refractivity contribution in [3.05, 3.63) is 28.0 Å². The first kappa shape index (κ1) is 13.7. The van der Waals surface area contributed by atoms with E-state index in [0.717, 1.165) is 0 Å². The minimum atomic E-state index is -0.788. The number of aromatic nitrogens is 1. The highest BCUT2D eigenvalue weighted by atomic mass is 35.5. The Balaban J connectivity index is 2.83. The van der Waals surface area contributed by atoms with E-state index in [4.69, 9.17) is 23.2 Å². The van der Waals surface area contributed by atoms with Crippen molar-refractivity contribution < 1.29 is 14.3 Å². The fourth-order valence-corrected chi connectivity index (χ4v) is 1.42. The topological polar surface area (TPSA) is 68.3 Å². The molecule has 0 unspecified atom stereocenters. The molecule has 0 fully saturated rings. The molecule has 1 amide bonds. The van der Waals surface area contributed by atoms with E-state index in [-0.39, 0.29) is 15.9 Å². The van der Waals surface area contributed by atoms with Crippen molar-refractivity contribution in [2.75, 3.05) is 7.11 Å². The van der Waals surface area contributed by atoms with Crippen LogP contribution >= 0.6 is 23.2 Å². The van der Waals surface area contributed by atoms with E-state index in [0.29, 0.717) is 0 Å². The molecule has 0 spiro atoms. The third-order valence-corrected chi connectivity index (χ3v) is 2.44. The second kappa shape index (κ2) is 5.84. The zero-order valence-electron chi connectivity index (χ0n) is 9.16. The Hall–Kier alpha value is -1.33. The molecule has 0 bridgehead atoms. The summed E-state index contributed by atoms with van der Waals surface area (Å²) in [6, 6.07) is 2.13. The normalized spacial score (nSPS) is 11.8. The molecule has 0 saturated heterocycles. The maximum Gasteiger partial charge on any atom is 0.328 e. The van der Waals surface area contributed by atoms with E-state index in [9.17, 15) is 9.59 Å². The molecule has 17 heavy (non-hydrogen) atoms. The lowest BCUT2D eigenvalue weighted by Gasteiger charge is -2.11. The minimum absolute atomic E-state index is 0.0325. The largest absolute Gasteiger partial charge is 0.467 e. The zero-order chi connectivity index (χ0) is 13.0. The first-order chi connectivity index (χ1) is 7.95. The molecular formula is C10H10Cl2N2O3. The van der Waals surface area contributed by atoms with Gasteiger partial charge in [-0.15, -0.1) is 0 Å². The summed E-state index contributed by atoms with van der Waals surface area (Å²) in [6.07, 6.45) is 0. The molecule has 1 aromatic heterocycles. The number of amides is 1. The summed E-state index contributed by atoms with van der Waals surface area (Å²) in [5.41, 5.74) is -0.0325. The van der Waals surface area contributed by atoms with Crippen molar-refractivity contribution >= 4 is 35.1 Å². The molecule has 1 aromatic rings. The van der Waals surface area contributed by atoms with Crippen molar-refractivity contribution in [3.8, 4) is 0 Å². The van der Waals surface area contributed by atoms with Crippen molar-refractivity contribution in [2.24, 2.45) is 0 Å². The van der Waals surface area contributed by atoms with E-state index in [1.807, 2.05) is 0 Å². The zero-order valence-corrected chi connectivity index (χ0v) is 10.7. The van der Waals surface area contributed by atoms with Crippen LogP contribution in [-0.4, -0.2) is 30.0 Å². The second-order valence-electron chi connectivity index (χ2n) is 3.18. The SMILES string of the molecule is COC(=O)[C@@H](C)NC(=O)c1nc(Cl)ccc1Cl. The smallest absolute Gasteiger partial charge is 0.328 e. The number of pyridine rings is 1. The first-order valence-electron chi connectivity index (χ1n) is 4.66. The predicted molar refractivity (Wildman–Crippen MR) is 63.2 cm³/mol. The van der Waals surface area contributed by atoms with E-state index >= 15 is 0 Å². The quantitative estimate of drug-likeness (QED) is 0.674. The third kappa shape index (κ3) is 3.57. The van der Waals surface area contributed by atoms with Gasteiger partial charge in [-0.2, -0.15) is 0 Å². The van der Waals surface area contributed by atoms with Gasteiger partial charge in [0.15, 0.2) is 0 Å². The summed E-state index contributed by atoms with van der Waals surface area (Å²) in [5.74, 6) is -1.15. The van der Waals surface area contributed by atoms with E-state index in [1.54, 1.807) is 0 Å². The summed E-state index contributed by atoms with van der Waals surface area (Å²) < 4.78 is 4.47. The van der Waals surface area contributed by atoms with Gasteiger partial charge in [-0.3, -0.25) is 4.79 Å². The standard InChI is InChI=1S/C10H10Cl2N2O3/c1-5(10(16)17-2)13-9(15)8-6(11)3-4-7(12)14-8/h3-5H,1-2H3,(H,13,15)/t5-/m1/s1. The highest BCUT2D eigenvalue weighted by Crippen LogP contribution is 2.16. The molecule has 0 aromatic carbocycles. The fraction of sp³-hybridized carbons (Fsp3) is 0.300.